The van der Waals surface area contributed by atoms with Crippen molar-refractivity contribution in [1.82, 2.24) is 4.90 Å². The fourth-order valence-corrected chi connectivity index (χ4v) is 3.32. The monoisotopic (exact) mass is 251 g/mol. The lowest BCUT2D eigenvalue weighted by Gasteiger charge is -2.31. The van der Waals surface area contributed by atoms with E-state index in [1.165, 1.54) is 32.1 Å². The molecule has 2 aliphatic rings. The van der Waals surface area contributed by atoms with Crippen LogP contribution in [0.3, 0.4) is 0 Å². The van der Waals surface area contributed by atoms with Gasteiger partial charge in [0.1, 0.15) is 0 Å². The quantitative estimate of drug-likeness (QED) is 0.773. The zero-order valence-corrected chi connectivity index (χ0v) is 11.7. The van der Waals surface area contributed by atoms with Crippen molar-refractivity contribution in [2.75, 3.05) is 6.54 Å². The molecule has 0 spiro atoms. The number of Topliss-reactive ketones (excluding diaryl/α,β-unsaturated/α-hetero) is 1. The average molecular weight is 251 g/mol. The summed E-state index contributed by atoms with van der Waals surface area (Å²) in [7, 11) is 0. The van der Waals surface area contributed by atoms with E-state index in [0.29, 0.717) is 19.4 Å². The number of hydrogen-bond acceptors (Lipinski definition) is 2. The van der Waals surface area contributed by atoms with Crippen LogP contribution in [0.1, 0.15) is 65.2 Å². The SMILES string of the molecule is CC1(C)C(=O)CCN1C(=O)CCC1CCCCC1. The van der Waals surface area contributed by atoms with Gasteiger partial charge in [-0.05, 0) is 26.2 Å². The molecule has 18 heavy (non-hydrogen) atoms. The summed E-state index contributed by atoms with van der Waals surface area (Å²) in [5.74, 6) is 1.12. The highest BCUT2D eigenvalue weighted by atomic mass is 16.2. The smallest absolute Gasteiger partial charge is 0.223 e. The number of ketones is 1. The van der Waals surface area contributed by atoms with Crippen molar-refractivity contribution in [2.24, 2.45) is 5.92 Å². The Morgan fingerprint density at radius 1 is 1.28 bits per heavy atom. The molecular formula is C15H25NO2. The van der Waals surface area contributed by atoms with E-state index in [4.69, 9.17) is 0 Å². The van der Waals surface area contributed by atoms with Crippen molar-refractivity contribution in [3.8, 4) is 0 Å². The molecule has 2 fully saturated rings. The molecule has 1 saturated carbocycles. The Morgan fingerprint density at radius 2 is 1.94 bits per heavy atom. The van der Waals surface area contributed by atoms with Gasteiger partial charge in [-0.1, -0.05) is 32.1 Å². The summed E-state index contributed by atoms with van der Waals surface area (Å²) in [6.07, 6.45) is 8.76. The zero-order valence-electron chi connectivity index (χ0n) is 11.7. The van der Waals surface area contributed by atoms with E-state index in [9.17, 15) is 9.59 Å². The van der Waals surface area contributed by atoms with Gasteiger partial charge in [-0.25, -0.2) is 0 Å². The molecule has 1 heterocycles. The third-order valence-corrected chi connectivity index (χ3v) is 4.71. The molecule has 1 aliphatic heterocycles. The van der Waals surface area contributed by atoms with Crippen LogP contribution >= 0.6 is 0 Å². The van der Waals surface area contributed by atoms with Gasteiger partial charge >= 0.3 is 0 Å². The first-order chi connectivity index (χ1) is 8.51. The van der Waals surface area contributed by atoms with Crippen LogP contribution in [0.15, 0.2) is 0 Å². The first-order valence-corrected chi connectivity index (χ1v) is 7.35. The molecule has 0 radical (unpaired) electrons. The predicted octanol–water partition coefficient (Wildman–Crippen LogP) is 2.93. The number of amides is 1. The maximum Gasteiger partial charge on any atom is 0.223 e. The Hall–Kier alpha value is -0.860. The standard InChI is InChI=1S/C15H25NO2/c1-15(2)13(17)10-11-16(15)14(18)9-8-12-6-4-3-5-7-12/h12H,3-11H2,1-2H3. The molecule has 1 amide bonds. The molecule has 3 heteroatoms. The Morgan fingerprint density at radius 3 is 2.50 bits per heavy atom. The zero-order chi connectivity index (χ0) is 13.2. The fourth-order valence-electron chi connectivity index (χ4n) is 3.32. The Balaban J connectivity index is 1.83. The second-order valence-corrected chi connectivity index (χ2v) is 6.32. The van der Waals surface area contributed by atoms with Crippen molar-refractivity contribution >= 4 is 11.7 Å². The van der Waals surface area contributed by atoms with Crippen LogP contribution in [0.4, 0.5) is 0 Å². The van der Waals surface area contributed by atoms with Gasteiger partial charge in [0.2, 0.25) is 5.91 Å². The van der Waals surface area contributed by atoms with Gasteiger partial charge in [-0.3, -0.25) is 9.59 Å². The topological polar surface area (TPSA) is 37.4 Å². The molecule has 3 nitrogen and oxygen atoms in total. The number of nitrogens with zero attached hydrogens (tertiary/aromatic N) is 1. The third-order valence-electron chi connectivity index (χ3n) is 4.71. The first kappa shape index (κ1) is 13.6. The largest absolute Gasteiger partial charge is 0.330 e. The predicted molar refractivity (Wildman–Crippen MR) is 71.2 cm³/mol. The maximum atomic E-state index is 12.2. The van der Waals surface area contributed by atoms with Crippen LogP contribution in [-0.4, -0.2) is 28.7 Å². The highest BCUT2D eigenvalue weighted by Gasteiger charge is 2.42. The van der Waals surface area contributed by atoms with Crippen LogP contribution in [-0.2, 0) is 9.59 Å². The summed E-state index contributed by atoms with van der Waals surface area (Å²) >= 11 is 0. The summed E-state index contributed by atoms with van der Waals surface area (Å²) in [4.78, 5) is 25.7. The number of likely N-dealkylation sites (tertiary alicyclic amines) is 1. The molecule has 0 unspecified atom stereocenters. The van der Waals surface area contributed by atoms with Crippen molar-refractivity contribution in [3.63, 3.8) is 0 Å². The third kappa shape index (κ3) is 2.76. The van der Waals surface area contributed by atoms with Crippen LogP contribution in [0.25, 0.3) is 0 Å². The number of hydrogen-bond donors (Lipinski definition) is 0. The lowest BCUT2D eigenvalue weighted by Crippen LogP contribution is -2.46. The van der Waals surface area contributed by atoms with E-state index >= 15 is 0 Å². The van der Waals surface area contributed by atoms with Gasteiger partial charge in [-0.15, -0.1) is 0 Å². The Labute approximate surface area is 110 Å². The molecule has 0 aromatic heterocycles. The highest BCUT2D eigenvalue weighted by Crippen LogP contribution is 2.30. The van der Waals surface area contributed by atoms with Crippen LogP contribution in [0, 0.1) is 5.92 Å². The average Bonchev–Trinajstić information content (AvgIpc) is 2.63. The maximum absolute atomic E-state index is 12.2. The summed E-state index contributed by atoms with van der Waals surface area (Å²) in [5, 5.41) is 0. The van der Waals surface area contributed by atoms with Gasteiger partial charge in [-0.2, -0.15) is 0 Å². The molecule has 0 atom stereocenters. The normalized spacial score (nSPS) is 24.6. The summed E-state index contributed by atoms with van der Waals surface area (Å²) in [5.41, 5.74) is -0.566. The highest BCUT2D eigenvalue weighted by molar-refractivity contribution is 5.95. The van der Waals surface area contributed by atoms with Gasteiger partial charge in [0.05, 0.1) is 5.54 Å². The molecular weight excluding hydrogens is 226 g/mol. The van der Waals surface area contributed by atoms with Crippen LogP contribution in [0.2, 0.25) is 0 Å². The van der Waals surface area contributed by atoms with E-state index in [2.05, 4.69) is 0 Å². The second kappa shape index (κ2) is 5.41. The van der Waals surface area contributed by atoms with Crippen LogP contribution < -0.4 is 0 Å². The van der Waals surface area contributed by atoms with E-state index in [1.807, 2.05) is 13.8 Å². The van der Waals surface area contributed by atoms with Crippen molar-refractivity contribution in [2.45, 2.75) is 70.8 Å². The molecule has 2 rings (SSSR count). The summed E-state index contributed by atoms with van der Waals surface area (Å²) in [6.45, 7) is 4.37. The number of carbonyl (C=O) groups excluding carboxylic acids is 2. The van der Waals surface area contributed by atoms with Crippen LogP contribution in [0.5, 0.6) is 0 Å². The van der Waals surface area contributed by atoms with Crippen molar-refractivity contribution in [1.29, 1.82) is 0 Å². The molecule has 0 aromatic rings. The molecule has 0 N–H and O–H groups in total. The van der Waals surface area contributed by atoms with Crippen molar-refractivity contribution in [3.05, 3.63) is 0 Å². The fraction of sp³-hybridized carbons (Fsp3) is 0.867. The van der Waals surface area contributed by atoms with E-state index in [1.54, 1.807) is 4.90 Å². The second-order valence-electron chi connectivity index (χ2n) is 6.32. The molecule has 0 bridgehead atoms. The minimum absolute atomic E-state index is 0.177. The molecule has 1 aliphatic carbocycles. The van der Waals surface area contributed by atoms with E-state index in [-0.39, 0.29) is 11.7 Å². The minimum Gasteiger partial charge on any atom is -0.330 e. The first-order valence-electron chi connectivity index (χ1n) is 7.35. The van der Waals surface area contributed by atoms with Gasteiger partial charge < -0.3 is 4.90 Å². The molecule has 0 aromatic carbocycles. The lowest BCUT2D eigenvalue weighted by molar-refractivity contribution is -0.139. The van der Waals surface area contributed by atoms with Gasteiger partial charge in [0, 0.05) is 19.4 Å². The van der Waals surface area contributed by atoms with E-state index < -0.39 is 5.54 Å². The molecule has 102 valence electrons. The van der Waals surface area contributed by atoms with Gasteiger partial charge in [0.15, 0.2) is 5.78 Å². The Kier molecular flexibility index (Phi) is 4.08. The van der Waals surface area contributed by atoms with Crippen molar-refractivity contribution < 1.29 is 9.59 Å². The van der Waals surface area contributed by atoms with E-state index in [0.717, 1.165) is 12.3 Å². The summed E-state index contributed by atoms with van der Waals surface area (Å²) in [6, 6.07) is 0. The number of rotatable bonds is 3. The Bertz CT molecular complexity index is 329. The molecule has 1 saturated heterocycles. The van der Waals surface area contributed by atoms with Gasteiger partial charge in [0.25, 0.3) is 0 Å². The lowest BCUT2D eigenvalue weighted by atomic mass is 9.86. The minimum atomic E-state index is -0.566. The number of carbonyl (C=O) groups is 2. The summed E-state index contributed by atoms with van der Waals surface area (Å²) < 4.78 is 0.